The van der Waals surface area contributed by atoms with Crippen LogP contribution in [0.1, 0.15) is 22.3 Å². The largest absolute Gasteiger partial charge is 0.324 e. The molecule has 0 unspecified atom stereocenters. The quantitative estimate of drug-likeness (QED) is 0.769. The van der Waals surface area contributed by atoms with Crippen LogP contribution in [0.4, 0.5) is 5.69 Å². The van der Waals surface area contributed by atoms with E-state index in [0.29, 0.717) is 11.4 Å². The molecule has 0 spiro atoms. The molecule has 0 atom stereocenters. The minimum Gasteiger partial charge on any atom is -0.324 e. The van der Waals surface area contributed by atoms with Gasteiger partial charge in [-0.25, -0.2) is 4.68 Å². The molecule has 27 heavy (non-hydrogen) atoms. The van der Waals surface area contributed by atoms with E-state index in [1.54, 1.807) is 6.07 Å². The van der Waals surface area contributed by atoms with Gasteiger partial charge >= 0.3 is 0 Å². The van der Waals surface area contributed by atoms with E-state index in [0.717, 1.165) is 22.3 Å². The summed E-state index contributed by atoms with van der Waals surface area (Å²) in [6, 6.07) is 14.9. The predicted molar refractivity (Wildman–Crippen MR) is 108 cm³/mol. The molecule has 1 aromatic heterocycles. The van der Waals surface area contributed by atoms with Crippen LogP contribution in [0.3, 0.4) is 0 Å². The lowest BCUT2D eigenvalue weighted by Gasteiger charge is -2.10. The van der Waals surface area contributed by atoms with Gasteiger partial charge in [-0.15, -0.1) is 0 Å². The third kappa shape index (κ3) is 4.31. The van der Waals surface area contributed by atoms with Gasteiger partial charge in [-0.1, -0.05) is 18.2 Å². The van der Waals surface area contributed by atoms with Crippen LogP contribution in [-0.2, 0) is 11.3 Å². The highest BCUT2D eigenvalue weighted by Gasteiger charge is 2.09. The number of hydrogen-bond donors (Lipinski definition) is 1. The van der Waals surface area contributed by atoms with Crippen molar-refractivity contribution in [3.8, 4) is 11.3 Å². The van der Waals surface area contributed by atoms with E-state index >= 15 is 0 Å². The van der Waals surface area contributed by atoms with Gasteiger partial charge in [-0.3, -0.25) is 9.59 Å². The maximum absolute atomic E-state index is 12.4. The van der Waals surface area contributed by atoms with E-state index in [4.69, 9.17) is 0 Å². The maximum atomic E-state index is 12.4. The monoisotopic (exact) mass is 361 g/mol. The third-order valence-corrected chi connectivity index (χ3v) is 4.75. The molecule has 0 aliphatic carbocycles. The third-order valence-electron chi connectivity index (χ3n) is 4.75. The predicted octanol–water partition coefficient (Wildman–Crippen LogP) is 3.78. The van der Waals surface area contributed by atoms with Crippen LogP contribution < -0.4 is 10.9 Å². The molecular weight excluding hydrogens is 338 g/mol. The molecular formula is C22H23N3O2. The van der Waals surface area contributed by atoms with Crippen LogP contribution in [0, 0.1) is 27.7 Å². The van der Waals surface area contributed by atoms with Gasteiger partial charge in [-0.05, 0) is 74.2 Å². The van der Waals surface area contributed by atoms with Gasteiger partial charge in [0.05, 0.1) is 5.69 Å². The summed E-state index contributed by atoms with van der Waals surface area (Å²) >= 11 is 0. The number of rotatable bonds is 4. The normalized spacial score (nSPS) is 10.7. The van der Waals surface area contributed by atoms with Crippen LogP contribution in [-0.4, -0.2) is 15.7 Å². The molecule has 1 amide bonds. The Labute approximate surface area is 158 Å². The molecule has 138 valence electrons. The molecule has 2 aromatic carbocycles. The fourth-order valence-electron chi connectivity index (χ4n) is 2.77. The van der Waals surface area contributed by atoms with Crippen molar-refractivity contribution in [2.75, 3.05) is 5.32 Å². The molecule has 0 bridgehead atoms. The summed E-state index contributed by atoms with van der Waals surface area (Å²) < 4.78 is 1.20. The van der Waals surface area contributed by atoms with Crippen molar-refractivity contribution < 1.29 is 4.79 Å². The summed E-state index contributed by atoms with van der Waals surface area (Å²) in [5.74, 6) is -0.287. The van der Waals surface area contributed by atoms with Gasteiger partial charge in [-0.2, -0.15) is 5.10 Å². The maximum Gasteiger partial charge on any atom is 0.267 e. The Bertz CT molecular complexity index is 1070. The Kier molecular flexibility index (Phi) is 5.21. The molecule has 0 saturated heterocycles. The highest BCUT2D eigenvalue weighted by Crippen LogP contribution is 2.19. The standard InChI is InChI=1S/C22H23N3O2/c1-14-5-7-18(11-16(14)3)20-9-10-22(27)25(24-20)13-21(26)23-19-8-6-15(2)17(4)12-19/h5-12H,13H2,1-4H3,(H,23,26). The number of anilines is 1. The molecule has 0 radical (unpaired) electrons. The lowest BCUT2D eigenvalue weighted by Crippen LogP contribution is -2.29. The van der Waals surface area contributed by atoms with E-state index in [9.17, 15) is 9.59 Å². The average molecular weight is 361 g/mol. The summed E-state index contributed by atoms with van der Waals surface area (Å²) in [4.78, 5) is 24.5. The summed E-state index contributed by atoms with van der Waals surface area (Å²) in [6.07, 6.45) is 0. The number of benzene rings is 2. The molecule has 0 aliphatic heterocycles. The summed E-state index contributed by atoms with van der Waals surface area (Å²) in [5.41, 5.74) is 6.59. The van der Waals surface area contributed by atoms with Crippen LogP contribution in [0.25, 0.3) is 11.3 Å². The second-order valence-electron chi connectivity index (χ2n) is 6.86. The van der Waals surface area contributed by atoms with Crippen molar-refractivity contribution in [3.63, 3.8) is 0 Å². The van der Waals surface area contributed by atoms with Crippen molar-refractivity contribution in [1.82, 2.24) is 9.78 Å². The molecule has 0 saturated carbocycles. The number of carbonyl (C=O) groups is 1. The van der Waals surface area contributed by atoms with Gasteiger partial charge in [0, 0.05) is 17.3 Å². The van der Waals surface area contributed by atoms with Crippen LogP contribution in [0.5, 0.6) is 0 Å². The highest BCUT2D eigenvalue weighted by molar-refractivity contribution is 5.90. The van der Waals surface area contributed by atoms with Crippen molar-refractivity contribution in [3.05, 3.63) is 81.1 Å². The molecule has 0 aliphatic rings. The van der Waals surface area contributed by atoms with Gasteiger partial charge < -0.3 is 5.32 Å². The molecule has 5 nitrogen and oxygen atoms in total. The Hall–Kier alpha value is -3.21. The zero-order valence-corrected chi connectivity index (χ0v) is 16.0. The SMILES string of the molecule is Cc1ccc(NC(=O)Cn2nc(-c3ccc(C)c(C)c3)ccc2=O)cc1C. The van der Waals surface area contributed by atoms with Crippen molar-refractivity contribution in [2.45, 2.75) is 34.2 Å². The summed E-state index contributed by atoms with van der Waals surface area (Å²) in [5, 5.41) is 7.19. The molecule has 1 heterocycles. The zero-order valence-electron chi connectivity index (χ0n) is 16.0. The van der Waals surface area contributed by atoms with E-state index in [-0.39, 0.29) is 18.0 Å². The fourth-order valence-corrected chi connectivity index (χ4v) is 2.77. The van der Waals surface area contributed by atoms with Crippen LogP contribution in [0.15, 0.2) is 53.3 Å². The van der Waals surface area contributed by atoms with Crippen LogP contribution in [0.2, 0.25) is 0 Å². The molecule has 1 N–H and O–H groups in total. The van der Waals surface area contributed by atoms with Gasteiger partial charge in [0.25, 0.3) is 5.56 Å². The number of hydrogen-bond acceptors (Lipinski definition) is 3. The number of aryl methyl sites for hydroxylation is 4. The first-order chi connectivity index (χ1) is 12.8. The first kappa shape index (κ1) is 18.6. The van der Waals surface area contributed by atoms with Gasteiger partial charge in [0.15, 0.2) is 0 Å². The Morgan fingerprint density at radius 3 is 2.22 bits per heavy atom. The number of nitrogens with one attached hydrogen (secondary N) is 1. The van der Waals surface area contributed by atoms with E-state index in [1.165, 1.54) is 16.3 Å². The zero-order chi connectivity index (χ0) is 19.6. The molecule has 3 aromatic rings. The second-order valence-corrected chi connectivity index (χ2v) is 6.86. The summed E-state index contributed by atoms with van der Waals surface area (Å²) in [6.45, 7) is 7.95. The highest BCUT2D eigenvalue weighted by atomic mass is 16.2. The lowest BCUT2D eigenvalue weighted by molar-refractivity contribution is -0.117. The number of nitrogens with zero attached hydrogens (tertiary/aromatic N) is 2. The van der Waals surface area contributed by atoms with E-state index in [1.807, 2.05) is 64.1 Å². The molecule has 5 heteroatoms. The summed E-state index contributed by atoms with van der Waals surface area (Å²) in [7, 11) is 0. The average Bonchev–Trinajstić information content (AvgIpc) is 2.62. The molecule has 3 rings (SSSR count). The van der Waals surface area contributed by atoms with E-state index < -0.39 is 0 Å². The van der Waals surface area contributed by atoms with E-state index in [2.05, 4.69) is 10.4 Å². The Morgan fingerprint density at radius 2 is 1.56 bits per heavy atom. The van der Waals surface area contributed by atoms with Crippen molar-refractivity contribution in [1.29, 1.82) is 0 Å². The van der Waals surface area contributed by atoms with Crippen molar-refractivity contribution >= 4 is 11.6 Å². The molecule has 0 fully saturated rings. The Balaban J connectivity index is 1.81. The lowest BCUT2D eigenvalue weighted by atomic mass is 10.0. The van der Waals surface area contributed by atoms with Crippen LogP contribution >= 0.6 is 0 Å². The first-order valence-electron chi connectivity index (χ1n) is 8.86. The number of carbonyl (C=O) groups excluding carboxylic acids is 1. The van der Waals surface area contributed by atoms with Crippen molar-refractivity contribution in [2.24, 2.45) is 0 Å². The minimum atomic E-state index is -0.308. The Morgan fingerprint density at radius 1 is 0.889 bits per heavy atom. The smallest absolute Gasteiger partial charge is 0.267 e. The topological polar surface area (TPSA) is 64.0 Å². The fraction of sp³-hybridized carbons (Fsp3) is 0.227. The number of amides is 1. The van der Waals surface area contributed by atoms with Gasteiger partial charge in [0.1, 0.15) is 6.54 Å². The van der Waals surface area contributed by atoms with Gasteiger partial charge in [0.2, 0.25) is 5.91 Å². The minimum absolute atomic E-state index is 0.134. The first-order valence-corrected chi connectivity index (χ1v) is 8.86. The second kappa shape index (κ2) is 7.58. The number of aromatic nitrogens is 2.